The maximum absolute atomic E-state index is 13.5. The van der Waals surface area contributed by atoms with Crippen LogP contribution >= 0.6 is 0 Å². The van der Waals surface area contributed by atoms with E-state index in [0.717, 1.165) is 31.4 Å². The van der Waals surface area contributed by atoms with Gasteiger partial charge in [0.1, 0.15) is 0 Å². The number of nitrogens with one attached hydrogen (secondary N) is 2. The van der Waals surface area contributed by atoms with E-state index in [1.807, 2.05) is 18.7 Å². The summed E-state index contributed by atoms with van der Waals surface area (Å²) < 4.78 is 26.8. The van der Waals surface area contributed by atoms with Crippen LogP contribution in [0.1, 0.15) is 40.0 Å². The standard InChI is InChI=1S/C17H23F2N3O2/c1-10-5-4-6-11(2)22(10)17(24)9-20-15-7-13(18)14(19)8-16(15)21-12(3)23/h7-8,10-11,20H,4-6,9H2,1-3H3,(H,21,23)/t10-,11+. The third kappa shape index (κ3) is 4.21. The fraction of sp³-hybridized carbons (Fsp3) is 0.529. The number of piperidine rings is 1. The molecule has 24 heavy (non-hydrogen) atoms. The zero-order chi connectivity index (χ0) is 17.9. The molecule has 1 aromatic carbocycles. The first-order chi connectivity index (χ1) is 11.3. The van der Waals surface area contributed by atoms with E-state index in [4.69, 9.17) is 0 Å². The average Bonchev–Trinajstić information content (AvgIpc) is 2.48. The van der Waals surface area contributed by atoms with Crippen molar-refractivity contribution in [3.05, 3.63) is 23.8 Å². The largest absolute Gasteiger partial charge is 0.374 e. The van der Waals surface area contributed by atoms with Crippen molar-refractivity contribution in [2.24, 2.45) is 0 Å². The van der Waals surface area contributed by atoms with Gasteiger partial charge in [-0.2, -0.15) is 0 Å². The molecule has 132 valence electrons. The lowest BCUT2D eigenvalue weighted by molar-refractivity contribution is -0.135. The van der Waals surface area contributed by atoms with E-state index in [1.54, 1.807) is 0 Å². The fourth-order valence-electron chi connectivity index (χ4n) is 3.16. The molecule has 0 aromatic heterocycles. The summed E-state index contributed by atoms with van der Waals surface area (Å²) in [6.07, 6.45) is 3.01. The Morgan fingerprint density at radius 1 is 1.12 bits per heavy atom. The number of nitrogens with zero attached hydrogens (tertiary/aromatic N) is 1. The minimum Gasteiger partial charge on any atom is -0.374 e. The molecule has 1 saturated heterocycles. The number of amides is 2. The molecule has 0 bridgehead atoms. The highest BCUT2D eigenvalue weighted by Crippen LogP contribution is 2.26. The van der Waals surface area contributed by atoms with Gasteiger partial charge in [-0.05, 0) is 33.1 Å². The molecule has 1 heterocycles. The van der Waals surface area contributed by atoms with E-state index in [9.17, 15) is 18.4 Å². The Kier molecular flexibility index (Phi) is 5.75. The topological polar surface area (TPSA) is 61.4 Å². The molecule has 0 radical (unpaired) electrons. The summed E-state index contributed by atoms with van der Waals surface area (Å²) in [6.45, 7) is 5.24. The van der Waals surface area contributed by atoms with Crippen molar-refractivity contribution in [3.63, 3.8) is 0 Å². The summed E-state index contributed by atoms with van der Waals surface area (Å²) in [6, 6.07) is 2.15. The van der Waals surface area contributed by atoms with Crippen LogP contribution in [0.2, 0.25) is 0 Å². The lowest BCUT2D eigenvalue weighted by atomic mass is 9.97. The Bertz CT molecular complexity index is 627. The molecule has 7 heteroatoms. The van der Waals surface area contributed by atoms with Crippen molar-refractivity contribution < 1.29 is 18.4 Å². The number of carbonyl (C=O) groups excluding carboxylic acids is 2. The number of halogens is 2. The van der Waals surface area contributed by atoms with Gasteiger partial charge in [0.2, 0.25) is 11.8 Å². The van der Waals surface area contributed by atoms with Crippen molar-refractivity contribution in [1.29, 1.82) is 0 Å². The van der Waals surface area contributed by atoms with Crippen LogP contribution in [0, 0.1) is 11.6 Å². The Balaban J connectivity index is 2.11. The molecule has 5 nitrogen and oxygen atoms in total. The molecule has 1 aliphatic rings. The van der Waals surface area contributed by atoms with E-state index < -0.39 is 17.5 Å². The van der Waals surface area contributed by atoms with Gasteiger partial charge in [0.25, 0.3) is 0 Å². The Morgan fingerprint density at radius 3 is 2.21 bits per heavy atom. The zero-order valence-electron chi connectivity index (χ0n) is 14.2. The molecule has 1 aliphatic heterocycles. The maximum Gasteiger partial charge on any atom is 0.242 e. The summed E-state index contributed by atoms with van der Waals surface area (Å²) >= 11 is 0. The van der Waals surface area contributed by atoms with Crippen LogP contribution in [-0.2, 0) is 9.59 Å². The first-order valence-electron chi connectivity index (χ1n) is 8.11. The summed E-state index contributed by atoms with van der Waals surface area (Å²) in [4.78, 5) is 25.5. The lowest BCUT2D eigenvalue weighted by Crippen LogP contribution is -2.49. The number of hydrogen-bond donors (Lipinski definition) is 2. The van der Waals surface area contributed by atoms with Gasteiger partial charge in [0.15, 0.2) is 11.6 Å². The van der Waals surface area contributed by atoms with E-state index in [0.29, 0.717) is 0 Å². The Labute approximate surface area is 140 Å². The quantitative estimate of drug-likeness (QED) is 0.886. The third-order valence-electron chi connectivity index (χ3n) is 4.28. The summed E-state index contributed by atoms with van der Waals surface area (Å²) in [5, 5.41) is 5.24. The number of benzene rings is 1. The van der Waals surface area contributed by atoms with Crippen LogP contribution in [-0.4, -0.2) is 35.3 Å². The van der Waals surface area contributed by atoms with Gasteiger partial charge >= 0.3 is 0 Å². The highest BCUT2D eigenvalue weighted by atomic mass is 19.2. The second-order valence-corrected chi connectivity index (χ2v) is 6.28. The second kappa shape index (κ2) is 7.59. The molecule has 2 atom stereocenters. The van der Waals surface area contributed by atoms with E-state index in [-0.39, 0.29) is 35.9 Å². The van der Waals surface area contributed by atoms with Gasteiger partial charge in [0.05, 0.1) is 17.9 Å². The summed E-state index contributed by atoms with van der Waals surface area (Å²) in [5.74, 6) is -2.62. The highest BCUT2D eigenvalue weighted by molar-refractivity contribution is 5.93. The lowest BCUT2D eigenvalue weighted by Gasteiger charge is -2.39. The number of anilines is 2. The van der Waals surface area contributed by atoms with Crippen LogP contribution in [0.15, 0.2) is 12.1 Å². The van der Waals surface area contributed by atoms with Crippen molar-refractivity contribution in [1.82, 2.24) is 4.90 Å². The SMILES string of the molecule is CC(=O)Nc1cc(F)c(F)cc1NCC(=O)N1[C@H](C)CCC[C@@H]1C. The van der Waals surface area contributed by atoms with Gasteiger partial charge in [-0.1, -0.05) is 0 Å². The smallest absolute Gasteiger partial charge is 0.242 e. The molecule has 0 unspecified atom stereocenters. The zero-order valence-corrected chi connectivity index (χ0v) is 14.2. The van der Waals surface area contributed by atoms with Gasteiger partial charge in [0, 0.05) is 31.1 Å². The molecular formula is C17H23F2N3O2. The predicted molar refractivity (Wildman–Crippen MR) is 88.8 cm³/mol. The summed E-state index contributed by atoms with van der Waals surface area (Å²) in [5.41, 5.74) is 0.281. The Hall–Kier alpha value is -2.18. The maximum atomic E-state index is 13.5. The molecule has 1 aromatic rings. The fourth-order valence-corrected chi connectivity index (χ4v) is 3.16. The molecule has 0 saturated carbocycles. The van der Waals surface area contributed by atoms with Gasteiger partial charge in [-0.25, -0.2) is 8.78 Å². The predicted octanol–water partition coefficient (Wildman–Crippen LogP) is 3.12. The van der Waals surface area contributed by atoms with Crippen LogP contribution in [0.3, 0.4) is 0 Å². The molecule has 0 aliphatic carbocycles. The second-order valence-electron chi connectivity index (χ2n) is 6.28. The summed E-state index contributed by atoms with van der Waals surface area (Å²) in [7, 11) is 0. The number of hydrogen-bond acceptors (Lipinski definition) is 3. The van der Waals surface area contributed by atoms with Crippen molar-refractivity contribution in [3.8, 4) is 0 Å². The van der Waals surface area contributed by atoms with Crippen LogP contribution in [0.5, 0.6) is 0 Å². The minimum atomic E-state index is -1.06. The van der Waals surface area contributed by atoms with Crippen molar-refractivity contribution >= 4 is 23.2 Å². The van der Waals surface area contributed by atoms with Crippen LogP contribution in [0.25, 0.3) is 0 Å². The van der Waals surface area contributed by atoms with Gasteiger partial charge in [-0.15, -0.1) is 0 Å². The molecular weight excluding hydrogens is 316 g/mol. The van der Waals surface area contributed by atoms with E-state index >= 15 is 0 Å². The van der Waals surface area contributed by atoms with E-state index in [2.05, 4.69) is 10.6 Å². The Morgan fingerprint density at radius 2 is 1.67 bits per heavy atom. The molecule has 2 rings (SSSR count). The number of likely N-dealkylation sites (tertiary alicyclic amines) is 1. The van der Waals surface area contributed by atoms with Crippen LogP contribution < -0.4 is 10.6 Å². The molecule has 2 N–H and O–H groups in total. The number of carbonyl (C=O) groups is 2. The van der Waals surface area contributed by atoms with E-state index in [1.165, 1.54) is 6.92 Å². The molecule has 2 amide bonds. The minimum absolute atomic E-state index is 0.0493. The van der Waals surface area contributed by atoms with Gasteiger partial charge < -0.3 is 15.5 Å². The average molecular weight is 339 g/mol. The van der Waals surface area contributed by atoms with Crippen LogP contribution in [0.4, 0.5) is 20.2 Å². The van der Waals surface area contributed by atoms with Crippen molar-refractivity contribution in [2.45, 2.75) is 52.1 Å². The first kappa shape index (κ1) is 18.2. The normalized spacial score (nSPS) is 20.6. The highest BCUT2D eigenvalue weighted by Gasteiger charge is 2.28. The number of rotatable bonds is 4. The molecule has 0 spiro atoms. The first-order valence-corrected chi connectivity index (χ1v) is 8.11. The monoisotopic (exact) mass is 339 g/mol. The van der Waals surface area contributed by atoms with Gasteiger partial charge in [-0.3, -0.25) is 9.59 Å². The molecule has 1 fully saturated rings. The van der Waals surface area contributed by atoms with Crippen molar-refractivity contribution in [2.75, 3.05) is 17.2 Å². The third-order valence-corrected chi connectivity index (χ3v) is 4.28.